The summed E-state index contributed by atoms with van der Waals surface area (Å²) in [5.41, 5.74) is -0.740. The van der Waals surface area contributed by atoms with Crippen molar-refractivity contribution in [2.24, 2.45) is 5.41 Å². The van der Waals surface area contributed by atoms with Gasteiger partial charge in [-0.3, -0.25) is 9.59 Å². The molecule has 2 rings (SSSR count). The molecule has 2 aliphatic rings. The van der Waals surface area contributed by atoms with Crippen LogP contribution in [0.15, 0.2) is 0 Å². The Hall–Kier alpha value is -1.10. The molecule has 5 nitrogen and oxygen atoms in total. The number of aliphatic carboxylic acids is 1. The van der Waals surface area contributed by atoms with E-state index in [2.05, 4.69) is 0 Å². The van der Waals surface area contributed by atoms with Crippen molar-refractivity contribution in [2.45, 2.75) is 64.4 Å². The molecular formula is C16H27NO4. The second-order valence-electron chi connectivity index (χ2n) is 6.45. The van der Waals surface area contributed by atoms with Gasteiger partial charge in [0.2, 0.25) is 5.91 Å². The zero-order chi connectivity index (χ0) is 15.3. The largest absolute Gasteiger partial charge is 0.481 e. The minimum Gasteiger partial charge on any atom is -0.481 e. The highest BCUT2D eigenvalue weighted by Gasteiger charge is 2.42. The Bertz CT molecular complexity index is 374. The van der Waals surface area contributed by atoms with E-state index in [4.69, 9.17) is 4.74 Å². The summed E-state index contributed by atoms with van der Waals surface area (Å²) in [5, 5.41) is 9.58. The van der Waals surface area contributed by atoms with E-state index in [1.54, 1.807) is 4.90 Å². The molecule has 2 heterocycles. The van der Waals surface area contributed by atoms with Gasteiger partial charge in [-0.25, -0.2) is 0 Å². The maximum atomic E-state index is 12.4. The van der Waals surface area contributed by atoms with Crippen molar-refractivity contribution in [1.82, 2.24) is 4.90 Å². The van der Waals surface area contributed by atoms with Gasteiger partial charge in [-0.2, -0.15) is 0 Å². The van der Waals surface area contributed by atoms with Gasteiger partial charge in [-0.1, -0.05) is 13.3 Å². The third kappa shape index (κ3) is 3.96. The Kier molecular flexibility index (Phi) is 5.62. The third-order valence-electron chi connectivity index (χ3n) is 4.79. The molecule has 0 aromatic heterocycles. The summed E-state index contributed by atoms with van der Waals surface area (Å²) < 4.78 is 5.62. The topological polar surface area (TPSA) is 66.8 Å². The van der Waals surface area contributed by atoms with Crippen LogP contribution in [0.4, 0.5) is 0 Å². The third-order valence-corrected chi connectivity index (χ3v) is 4.79. The first-order valence-corrected chi connectivity index (χ1v) is 8.20. The number of carboxylic acid groups (broad SMARTS) is 1. The fourth-order valence-electron chi connectivity index (χ4n) is 3.60. The van der Waals surface area contributed by atoms with Crippen LogP contribution in [0.2, 0.25) is 0 Å². The number of nitrogens with zero attached hydrogens (tertiary/aromatic N) is 1. The molecule has 0 spiro atoms. The number of amides is 1. The first-order chi connectivity index (χ1) is 10.1. The summed E-state index contributed by atoms with van der Waals surface area (Å²) >= 11 is 0. The van der Waals surface area contributed by atoms with Gasteiger partial charge in [0.15, 0.2) is 0 Å². The Morgan fingerprint density at radius 3 is 2.76 bits per heavy atom. The van der Waals surface area contributed by atoms with E-state index in [9.17, 15) is 14.7 Å². The fourth-order valence-corrected chi connectivity index (χ4v) is 3.60. The van der Waals surface area contributed by atoms with Gasteiger partial charge in [-0.05, 0) is 38.5 Å². The lowest BCUT2D eigenvalue weighted by atomic mass is 9.76. The fraction of sp³-hybridized carbons (Fsp3) is 0.875. The van der Waals surface area contributed by atoms with E-state index in [1.807, 2.05) is 6.92 Å². The highest BCUT2D eigenvalue weighted by atomic mass is 16.5. The summed E-state index contributed by atoms with van der Waals surface area (Å²) in [4.78, 5) is 25.9. The first kappa shape index (κ1) is 16.3. The molecule has 0 bridgehead atoms. The number of piperidine rings is 1. The Balaban J connectivity index is 1.95. The van der Waals surface area contributed by atoms with Gasteiger partial charge < -0.3 is 14.7 Å². The number of carbonyl (C=O) groups is 2. The van der Waals surface area contributed by atoms with Crippen molar-refractivity contribution in [3.63, 3.8) is 0 Å². The van der Waals surface area contributed by atoms with Crippen LogP contribution in [-0.4, -0.2) is 47.7 Å². The zero-order valence-corrected chi connectivity index (χ0v) is 13.0. The van der Waals surface area contributed by atoms with Gasteiger partial charge in [0.25, 0.3) is 0 Å². The summed E-state index contributed by atoms with van der Waals surface area (Å²) in [6.45, 7) is 3.79. The molecule has 0 aliphatic carbocycles. The van der Waals surface area contributed by atoms with E-state index in [-0.39, 0.29) is 12.0 Å². The minimum absolute atomic E-state index is 0.0265. The second-order valence-corrected chi connectivity index (χ2v) is 6.45. The Morgan fingerprint density at radius 1 is 1.33 bits per heavy atom. The number of rotatable bonds is 5. The van der Waals surface area contributed by atoms with Crippen molar-refractivity contribution in [1.29, 1.82) is 0 Å². The first-order valence-electron chi connectivity index (χ1n) is 8.20. The molecule has 120 valence electrons. The quantitative estimate of drug-likeness (QED) is 0.846. The molecule has 1 N–H and O–H groups in total. The molecule has 2 atom stereocenters. The number of likely N-dealkylation sites (tertiary alicyclic amines) is 1. The highest BCUT2D eigenvalue weighted by molar-refractivity contribution is 5.80. The number of carbonyl (C=O) groups excluding carboxylic acids is 1. The summed E-state index contributed by atoms with van der Waals surface area (Å²) in [5.74, 6) is -0.695. The Labute approximate surface area is 126 Å². The summed E-state index contributed by atoms with van der Waals surface area (Å²) in [7, 11) is 0. The molecule has 5 heteroatoms. The van der Waals surface area contributed by atoms with Crippen LogP contribution < -0.4 is 0 Å². The molecule has 0 aromatic rings. The van der Waals surface area contributed by atoms with Crippen LogP contribution in [-0.2, 0) is 14.3 Å². The van der Waals surface area contributed by atoms with Crippen molar-refractivity contribution in [3.05, 3.63) is 0 Å². The van der Waals surface area contributed by atoms with Gasteiger partial charge >= 0.3 is 5.97 Å². The van der Waals surface area contributed by atoms with Crippen LogP contribution >= 0.6 is 0 Å². The van der Waals surface area contributed by atoms with Crippen molar-refractivity contribution in [2.75, 3.05) is 19.7 Å². The lowest BCUT2D eigenvalue weighted by Gasteiger charge is -2.40. The highest BCUT2D eigenvalue weighted by Crippen LogP contribution is 2.35. The molecular weight excluding hydrogens is 270 g/mol. The molecule has 21 heavy (non-hydrogen) atoms. The molecule has 0 aromatic carbocycles. The number of ether oxygens (including phenoxy) is 1. The normalized spacial score (nSPS) is 30.1. The maximum absolute atomic E-state index is 12.4. The van der Waals surface area contributed by atoms with E-state index in [0.717, 1.165) is 38.7 Å². The van der Waals surface area contributed by atoms with Crippen LogP contribution in [0.3, 0.4) is 0 Å². The maximum Gasteiger partial charge on any atom is 0.311 e. The lowest BCUT2D eigenvalue weighted by molar-refractivity contribution is -0.156. The monoisotopic (exact) mass is 297 g/mol. The van der Waals surface area contributed by atoms with Gasteiger partial charge in [0.05, 0.1) is 17.9 Å². The predicted molar refractivity (Wildman–Crippen MR) is 79.0 cm³/mol. The van der Waals surface area contributed by atoms with Crippen LogP contribution in [0.1, 0.15) is 58.3 Å². The van der Waals surface area contributed by atoms with Crippen molar-refractivity contribution < 1.29 is 19.4 Å². The summed E-state index contributed by atoms with van der Waals surface area (Å²) in [6.07, 6.45) is 6.51. The minimum atomic E-state index is -0.754. The summed E-state index contributed by atoms with van der Waals surface area (Å²) in [6, 6.07) is 0. The van der Waals surface area contributed by atoms with E-state index in [1.165, 1.54) is 0 Å². The molecule has 0 saturated carbocycles. The van der Waals surface area contributed by atoms with Crippen LogP contribution in [0.25, 0.3) is 0 Å². The standard InChI is InChI=1S/C16H27NO4/c1-2-7-16(15(19)20)8-5-9-17(12-16)14(18)11-13-6-3-4-10-21-13/h13H,2-12H2,1H3,(H,19,20). The van der Waals surface area contributed by atoms with E-state index in [0.29, 0.717) is 32.4 Å². The van der Waals surface area contributed by atoms with Gasteiger partial charge in [0, 0.05) is 19.7 Å². The molecule has 1 amide bonds. The number of hydrogen-bond donors (Lipinski definition) is 1. The van der Waals surface area contributed by atoms with Crippen LogP contribution in [0.5, 0.6) is 0 Å². The predicted octanol–water partition coefficient (Wildman–Crippen LogP) is 2.44. The second kappa shape index (κ2) is 7.25. The smallest absolute Gasteiger partial charge is 0.311 e. The average Bonchev–Trinajstić information content (AvgIpc) is 2.48. The van der Waals surface area contributed by atoms with E-state index >= 15 is 0 Å². The molecule has 2 aliphatic heterocycles. The van der Waals surface area contributed by atoms with Gasteiger partial charge in [0.1, 0.15) is 0 Å². The van der Waals surface area contributed by atoms with Crippen molar-refractivity contribution in [3.8, 4) is 0 Å². The van der Waals surface area contributed by atoms with Gasteiger partial charge in [-0.15, -0.1) is 0 Å². The van der Waals surface area contributed by atoms with Crippen LogP contribution in [0, 0.1) is 5.41 Å². The molecule has 2 fully saturated rings. The lowest BCUT2D eigenvalue weighted by Crippen LogP contribution is -2.50. The molecule has 2 unspecified atom stereocenters. The number of carboxylic acids is 1. The van der Waals surface area contributed by atoms with E-state index < -0.39 is 11.4 Å². The number of hydrogen-bond acceptors (Lipinski definition) is 3. The Morgan fingerprint density at radius 2 is 2.14 bits per heavy atom. The SMILES string of the molecule is CCCC1(C(=O)O)CCCN(C(=O)CC2CCCCO2)C1. The van der Waals surface area contributed by atoms with Crippen molar-refractivity contribution >= 4 is 11.9 Å². The average molecular weight is 297 g/mol. The zero-order valence-electron chi connectivity index (χ0n) is 13.0. The molecule has 0 radical (unpaired) electrons. The molecule has 2 saturated heterocycles.